The maximum atomic E-state index is 5.33. The zero-order valence-corrected chi connectivity index (χ0v) is 30.4. The van der Waals surface area contributed by atoms with Crippen LogP contribution in [0, 0.1) is 0 Å². The van der Waals surface area contributed by atoms with Crippen molar-refractivity contribution in [3.8, 4) is 56.3 Å². The van der Waals surface area contributed by atoms with Crippen LogP contribution in [-0.2, 0) is 0 Å². The summed E-state index contributed by atoms with van der Waals surface area (Å²) in [5.74, 6) is 0.702. The van der Waals surface area contributed by atoms with E-state index in [1.807, 2.05) is 18.2 Å². The molecule has 0 fully saturated rings. The number of para-hydroxylation sites is 2. The molecule has 3 aromatic heterocycles. The number of hydrogen-bond donors (Lipinski definition) is 0. The first-order valence-corrected chi connectivity index (χ1v) is 19.0. The van der Waals surface area contributed by atoms with Gasteiger partial charge >= 0.3 is 0 Å². The van der Waals surface area contributed by atoms with Crippen molar-refractivity contribution in [2.24, 2.45) is 0 Å². The normalized spacial score (nSPS) is 11.6. The van der Waals surface area contributed by atoms with Crippen LogP contribution >= 0.6 is 0 Å². The second kappa shape index (κ2) is 13.1. The Kier molecular flexibility index (Phi) is 7.46. The summed E-state index contributed by atoms with van der Waals surface area (Å²) in [6, 6.07) is 73.2. The van der Waals surface area contributed by atoms with Crippen molar-refractivity contribution in [1.29, 1.82) is 0 Å². The van der Waals surface area contributed by atoms with E-state index in [1.54, 1.807) is 0 Å². The number of fused-ring (bicyclic) bond motifs is 6. The summed E-state index contributed by atoms with van der Waals surface area (Å²) in [5.41, 5.74) is 14.2. The SMILES string of the molecule is c1ccc(-c2cccc(-n3c4ccccc4c4cc(-c5ccc6c(c5)c5c(-c7ccccc7)nc(-c7ccccc7)nc5n6-c5ccccc5)ccc43)c2)cc1. The van der Waals surface area contributed by atoms with Crippen molar-refractivity contribution < 1.29 is 0 Å². The quantitative estimate of drug-likeness (QED) is 0.172. The van der Waals surface area contributed by atoms with Gasteiger partial charge in [0.1, 0.15) is 5.65 Å². The molecule has 8 aromatic carbocycles. The van der Waals surface area contributed by atoms with Gasteiger partial charge in [0.25, 0.3) is 0 Å². The third-order valence-corrected chi connectivity index (χ3v) is 10.9. The van der Waals surface area contributed by atoms with Crippen LogP contribution in [0.5, 0.6) is 0 Å². The predicted molar refractivity (Wildman–Crippen MR) is 232 cm³/mol. The van der Waals surface area contributed by atoms with Gasteiger partial charge in [0, 0.05) is 38.7 Å². The summed E-state index contributed by atoms with van der Waals surface area (Å²) >= 11 is 0. The number of hydrogen-bond acceptors (Lipinski definition) is 2. The largest absolute Gasteiger partial charge is 0.309 e. The molecule has 3 heterocycles. The van der Waals surface area contributed by atoms with Gasteiger partial charge in [-0.05, 0) is 76.9 Å². The number of nitrogens with zero attached hydrogens (tertiary/aromatic N) is 4. The monoisotopic (exact) mass is 714 g/mol. The summed E-state index contributed by atoms with van der Waals surface area (Å²) in [7, 11) is 0. The highest BCUT2D eigenvalue weighted by Gasteiger charge is 2.22. The van der Waals surface area contributed by atoms with Crippen LogP contribution in [0.3, 0.4) is 0 Å². The van der Waals surface area contributed by atoms with Crippen LogP contribution in [0.25, 0.3) is 100 Å². The molecule has 11 aromatic rings. The van der Waals surface area contributed by atoms with Gasteiger partial charge in [0.2, 0.25) is 0 Å². The molecule has 0 radical (unpaired) electrons. The molecule has 0 unspecified atom stereocenters. The Morgan fingerprint density at radius 1 is 0.304 bits per heavy atom. The third-order valence-electron chi connectivity index (χ3n) is 10.9. The summed E-state index contributed by atoms with van der Waals surface area (Å²) < 4.78 is 4.68. The fourth-order valence-corrected chi connectivity index (χ4v) is 8.33. The van der Waals surface area contributed by atoms with Crippen LogP contribution < -0.4 is 0 Å². The Balaban J connectivity index is 1.14. The van der Waals surface area contributed by atoms with E-state index in [1.165, 1.54) is 32.9 Å². The highest BCUT2D eigenvalue weighted by molar-refractivity contribution is 6.15. The Morgan fingerprint density at radius 3 is 1.54 bits per heavy atom. The molecule has 4 heteroatoms. The van der Waals surface area contributed by atoms with E-state index in [-0.39, 0.29) is 0 Å². The van der Waals surface area contributed by atoms with Gasteiger partial charge in [-0.25, -0.2) is 9.97 Å². The van der Waals surface area contributed by atoms with E-state index in [0.29, 0.717) is 5.82 Å². The first-order valence-electron chi connectivity index (χ1n) is 19.0. The topological polar surface area (TPSA) is 35.6 Å². The van der Waals surface area contributed by atoms with E-state index in [2.05, 4.69) is 197 Å². The second-order valence-electron chi connectivity index (χ2n) is 14.2. The fourth-order valence-electron chi connectivity index (χ4n) is 8.33. The molecule has 4 nitrogen and oxygen atoms in total. The zero-order valence-electron chi connectivity index (χ0n) is 30.4. The second-order valence-corrected chi connectivity index (χ2v) is 14.2. The van der Waals surface area contributed by atoms with Gasteiger partial charge in [-0.2, -0.15) is 0 Å². The number of rotatable bonds is 6. The van der Waals surface area contributed by atoms with Crippen LogP contribution in [-0.4, -0.2) is 19.1 Å². The fraction of sp³-hybridized carbons (Fsp3) is 0. The number of aromatic nitrogens is 4. The van der Waals surface area contributed by atoms with Gasteiger partial charge in [-0.3, -0.25) is 4.57 Å². The molecule has 0 saturated carbocycles. The Labute approximate surface area is 324 Å². The molecule has 0 spiro atoms. The Hall–Kier alpha value is -7.56. The van der Waals surface area contributed by atoms with Gasteiger partial charge in [0.15, 0.2) is 5.82 Å². The lowest BCUT2D eigenvalue weighted by Gasteiger charge is -2.11. The van der Waals surface area contributed by atoms with Crippen molar-refractivity contribution in [2.75, 3.05) is 0 Å². The van der Waals surface area contributed by atoms with Crippen LogP contribution in [0.2, 0.25) is 0 Å². The average Bonchev–Trinajstić information content (AvgIpc) is 3.79. The molecule has 0 aliphatic rings. The highest BCUT2D eigenvalue weighted by Crippen LogP contribution is 2.41. The summed E-state index contributed by atoms with van der Waals surface area (Å²) in [5, 5.41) is 4.59. The number of benzene rings is 8. The van der Waals surface area contributed by atoms with Gasteiger partial charge in [-0.1, -0.05) is 152 Å². The lowest BCUT2D eigenvalue weighted by Crippen LogP contribution is -1.99. The minimum absolute atomic E-state index is 0.702. The van der Waals surface area contributed by atoms with E-state index in [4.69, 9.17) is 9.97 Å². The first kappa shape index (κ1) is 31.9. The molecule has 0 bridgehead atoms. The predicted octanol–water partition coefficient (Wildman–Crippen LogP) is 13.3. The molecule has 262 valence electrons. The van der Waals surface area contributed by atoms with E-state index < -0.39 is 0 Å². The lowest BCUT2D eigenvalue weighted by atomic mass is 9.99. The highest BCUT2D eigenvalue weighted by atomic mass is 15.1. The maximum absolute atomic E-state index is 5.33. The molecule has 0 aliphatic carbocycles. The summed E-state index contributed by atoms with van der Waals surface area (Å²) in [6.07, 6.45) is 0. The van der Waals surface area contributed by atoms with Crippen molar-refractivity contribution in [3.63, 3.8) is 0 Å². The van der Waals surface area contributed by atoms with Crippen molar-refractivity contribution in [2.45, 2.75) is 0 Å². The minimum atomic E-state index is 0.702. The minimum Gasteiger partial charge on any atom is -0.309 e. The third kappa shape index (κ3) is 5.23. The lowest BCUT2D eigenvalue weighted by molar-refractivity contribution is 1.11. The molecule has 56 heavy (non-hydrogen) atoms. The molecule has 0 aliphatic heterocycles. The smallest absolute Gasteiger partial charge is 0.162 e. The Morgan fingerprint density at radius 2 is 0.821 bits per heavy atom. The maximum Gasteiger partial charge on any atom is 0.162 e. The van der Waals surface area contributed by atoms with Crippen LogP contribution in [0.1, 0.15) is 0 Å². The van der Waals surface area contributed by atoms with Crippen molar-refractivity contribution in [3.05, 3.63) is 206 Å². The van der Waals surface area contributed by atoms with Crippen molar-refractivity contribution in [1.82, 2.24) is 19.1 Å². The van der Waals surface area contributed by atoms with Crippen LogP contribution in [0.15, 0.2) is 206 Å². The molecule has 0 atom stereocenters. The van der Waals surface area contributed by atoms with E-state index in [9.17, 15) is 0 Å². The van der Waals surface area contributed by atoms with Gasteiger partial charge in [0.05, 0.1) is 27.6 Å². The standard InChI is InChI=1S/C52H34N4/c1-5-16-35(17-6-1)38-22-15-25-42(32-38)55-46-27-14-13-26-43(46)44-33-39(28-30-47(44)55)40-29-31-48-45(34-40)49-50(36-18-7-2-8-19-36)53-51(37-20-9-3-10-21-37)54-52(49)56(48)41-23-11-4-12-24-41/h1-34H. The molecular weight excluding hydrogens is 681 g/mol. The van der Waals surface area contributed by atoms with Crippen molar-refractivity contribution >= 4 is 43.7 Å². The molecule has 11 rings (SSSR count). The molecule has 0 amide bonds. The van der Waals surface area contributed by atoms with Gasteiger partial charge in [-0.15, -0.1) is 0 Å². The van der Waals surface area contributed by atoms with Gasteiger partial charge < -0.3 is 4.57 Å². The average molecular weight is 715 g/mol. The molecule has 0 N–H and O–H groups in total. The zero-order chi connectivity index (χ0) is 37.0. The van der Waals surface area contributed by atoms with E-state index >= 15 is 0 Å². The molecule has 0 saturated heterocycles. The summed E-state index contributed by atoms with van der Waals surface area (Å²) in [4.78, 5) is 10.6. The summed E-state index contributed by atoms with van der Waals surface area (Å²) in [6.45, 7) is 0. The van der Waals surface area contributed by atoms with E-state index in [0.717, 1.165) is 61.3 Å². The van der Waals surface area contributed by atoms with Crippen LogP contribution in [0.4, 0.5) is 0 Å². The molecular formula is C52H34N4. The Bertz CT molecular complexity index is 3220. The first-order chi connectivity index (χ1) is 27.8.